The standard InChI is InChI=1S/C4H4FNOS/c5-1-3-2-8-4(7)6-3/h2H,1H2,(H,6,7). The maximum absolute atomic E-state index is 11.6. The van der Waals surface area contributed by atoms with E-state index in [1.54, 1.807) is 0 Å². The van der Waals surface area contributed by atoms with Gasteiger partial charge in [0.1, 0.15) is 6.67 Å². The van der Waals surface area contributed by atoms with Crippen molar-refractivity contribution in [2.45, 2.75) is 6.67 Å². The molecule has 0 fully saturated rings. The Morgan fingerprint density at radius 2 is 2.62 bits per heavy atom. The molecular formula is C4H4FNOS. The number of aromatic amines is 1. The third kappa shape index (κ3) is 0.949. The summed E-state index contributed by atoms with van der Waals surface area (Å²) >= 11 is 0.978. The molecule has 0 saturated heterocycles. The summed E-state index contributed by atoms with van der Waals surface area (Å²) < 4.78 is 11.6. The normalized spacial score (nSPS) is 9.62. The highest BCUT2D eigenvalue weighted by atomic mass is 32.1. The zero-order chi connectivity index (χ0) is 5.98. The molecule has 1 heterocycles. The van der Waals surface area contributed by atoms with E-state index in [1.807, 2.05) is 0 Å². The Balaban J connectivity index is 3.01. The summed E-state index contributed by atoms with van der Waals surface area (Å²) in [6.07, 6.45) is 0. The molecule has 1 aromatic heterocycles. The second kappa shape index (κ2) is 2.09. The van der Waals surface area contributed by atoms with Crippen LogP contribution in [0, 0.1) is 0 Å². The van der Waals surface area contributed by atoms with Crippen molar-refractivity contribution in [2.24, 2.45) is 0 Å². The molecule has 0 atom stereocenters. The SMILES string of the molecule is O=c1[nH]c(CF)cs1. The maximum atomic E-state index is 11.6. The van der Waals surface area contributed by atoms with Gasteiger partial charge in [-0.05, 0) is 0 Å². The predicted molar refractivity (Wildman–Crippen MR) is 29.8 cm³/mol. The first-order chi connectivity index (χ1) is 3.83. The Bertz CT molecular complexity index is 216. The molecule has 44 valence electrons. The summed E-state index contributed by atoms with van der Waals surface area (Å²) in [6.45, 7) is -0.585. The van der Waals surface area contributed by atoms with Crippen molar-refractivity contribution in [3.8, 4) is 0 Å². The van der Waals surface area contributed by atoms with Crippen LogP contribution in [0.15, 0.2) is 10.2 Å². The van der Waals surface area contributed by atoms with Crippen LogP contribution >= 0.6 is 11.3 Å². The Morgan fingerprint density at radius 3 is 2.88 bits per heavy atom. The molecule has 0 aromatic carbocycles. The quantitative estimate of drug-likeness (QED) is 0.606. The molecule has 1 aromatic rings. The number of aromatic nitrogens is 1. The minimum Gasteiger partial charge on any atom is -0.314 e. The summed E-state index contributed by atoms with van der Waals surface area (Å²) in [4.78, 5) is 12.4. The fourth-order valence-electron chi connectivity index (χ4n) is 0.380. The molecule has 8 heavy (non-hydrogen) atoms. The molecule has 1 rings (SSSR count). The lowest BCUT2D eigenvalue weighted by Crippen LogP contribution is -1.92. The van der Waals surface area contributed by atoms with Crippen LogP contribution in [-0.4, -0.2) is 4.98 Å². The van der Waals surface area contributed by atoms with Crippen LogP contribution in [0.25, 0.3) is 0 Å². The molecule has 0 unspecified atom stereocenters. The van der Waals surface area contributed by atoms with E-state index in [2.05, 4.69) is 4.98 Å². The molecule has 0 amide bonds. The van der Waals surface area contributed by atoms with Crippen LogP contribution in [0.5, 0.6) is 0 Å². The van der Waals surface area contributed by atoms with Crippen molar-refractivity contribution in [1.29, 1.82) is 0 Å². The summed E-state index contributed by atoms with van der Waals surface area (Å²) in [7, 11) is 0. The van der Waals surface area contributed by atoms with Gasteiger partial charge in [0.25, 0.3) is 0 Å². The molecule has 0 spiro atoms. The lowest BCUT2D eigenvalue weighted by Gasteiger charge is -1.76. The monoisotopic (exact) mass is 133 g/mol. The number of rotatable bonds is 1. The lowest BCUT2D eigenvalue weighted by atomic mass is 10.6. The maximum Gasteiger partial charge on any atom is 0.304 e. The molecule has 1 N–H and O–H groups in total. The molecule has 0 bridgehead atoms. The van der Waals surface area contributed by atoms with Crippen LogP contribution in [0.1, 0.15) is 5.69 Å². The number of hydrogen-bond acceptors (Lipinski definition) is 2. The van der Waals surface area contributed by atoms with E-state index < -0.39 is 6.67 Å². The van der Waals surface area contributed by atoms with Crippen molar-refractivity contribution in [3.05, 3.63) is 20.7 Å². The van der Waals surface area contributed by atoms with Gasteiger partial charge in [0.15, 0.2) is 0 Å². The topological polar surface area (TPSA) is 32.9 Å². The third-order valence-electron chi connectivity index (χ3n) is 0.715. The van der Waals surface area contributed by atoms with Gasteiger partial charge in [0, 0.05) is 5.38 Å². The lowest BCUT2D eigenvalue weighted by molar-refractivity contribution is 0.477. The fourth-order valence-corrected chi connectivity index (χ4v) is 0.941. The van der Waals surface area contributed by atoms with Gasteiger partial charge in [-0.1, -0.05) is 11.3 Å². The Kier molecular flexibility index (Phi) is 1.43. The smallest absolute Gasteiger partial charge is 0.304 e. The number of nitrogens with one attached hydrogen (secondary N) is 1. The van der Waals surface area contributed by atoms with Gasteiger partial charge in [-0.25, -0.2) is 4.39 Å². The zero-order valence-electron chi connectivity index (χ0n) is 3.98. The van der Waals surface area contributed by atoms with E-state index >= 15 is 0 Å². The average Bonchev–Trinajstić information content (AvgIpc) is 2.14. The number of hydrogen-bond donors (Lipinski definition) is 1. The second-order valence-corrected chi connectivity index (χ2v) is 2.15. The van der Waals surface area contributed by atoms with E-state index in [0.717, 1.165) is 11.3 Å². The number of thiazole rings is 1. The first-order valence-corrected chi connectivity index (χ1v) is 2.93. The summed E-state index contributed by atoms with van der Waals surface area (Å²) in [6, 6.07) is 0. The van der Waals surface area contributed by atoms with Gasteiger partial charge in [-0.3, -0.25) is 4.79 Å². The minimum atomic E-state index is -0.585. The van der Waals surface area contributed by atoms with E-state index in [4.69, 9.17) is 0 Å². The largest absolute Gasteiger partial charge is 0.314 e. The molecule has 4 heteroatoms. The van der Waals surface area contributed by atoms with Gasteiger partial charge in [0.05, 0.1) is 5.69 Å². The average molecular weight is 133 g/mol. The molecule has 0 saturated carbocycles. The Labute approximate surface area is 49.0 Å². The first kappa shape index (κ1) is 5.50. The van der Waals surface area contributed by atoms with Crippen LogP contribution in [-0.2, 0) is 6.67 Å². The van der Waals surface area contributed by atoms with Gasteiger partial charge >= 0.3 is 4.87 Å². The molecule has 0 radical (unpaired) electrons. The number of H-pyrrole nitrogens is 1. The second-order valence-electron chi connectivity index (χ2n) is 1.31. The Morgan fingerprint density at radius 1 is 1.88 bits per heavy atom. The third-order valence-corrected chi connectivity index (χ3v) is 1.43. The van der Waals surface area contributed by atoms with E-state index in [9.17, 15) is 9.18 Å². The van der Waals surface area contributed by atoms with Crippen molar-refractivity contribution in [3.63, 3.8) is 0 Å². The van der Waals surface area contributed by atoms with Crippen molar-refractivity contribution >= 4 is 11.3 Å². The summed E-state index contributed by atoms with van der Waals surface area (Å²) in [5.74, 6) is 0. The fraction of sp³-hybridized carbons (Fsp3) is 0.250. The molecular weight excluding hydrogens is 129 g/mol. The number of halogens is 1. The highest BCUT2D eigenvalue weighted by Gasteiger charge is 1.91. The summed E-state index contributed by atoms with van der Waals surface area (Å²) in [5, 5.41) is 1.47. The van der Waals surface area contributed by atoms with Gasteiger partial charge in [0.2, 0.25) is 0 Å². The van der Waals surface area contributed by atoms with E-state index in [-0.39, 0.29) is 4.87 Å². The van der Waals surface area contributed by atoms with Crippen LogP contribution < -0.4 is 4.87 Å². The highest BCUT2D eigenvalue weighted by Crippen LogP contribution is 1.95. The van der Waals surface area contributed by atoms with Gasteiger partial charge in [-0.2, -0.15) is 0 Å². The molecule has 0 aliphatic carbocycles. The van der Waals surface area contributed by atoms with Crippen LogP contribution in [0.2, 0.25) is 0 Å². The first-order valence-electron chi connectivity index (χ1n) is 2.05. The zero-order valence-corrected chi connectivity index (χ0v) is 4.80. The van der Waals surface area contributed by atoms with Crippen LogP contribution in [0.3, 0.4) is 0 Å². The van der Waals surface area contributed by atoms with Crippen molar-refractivity contribution in [1.82, 2.24) is 4.98 Å². The molecule has 2 nitrogen and oxygen atoms in total. The predicted octanol–water partition coefficient (Wildman–Crippen LogP) is 0.906. The molecule has 0 aliphatic heterocycles. The Hall–Kier alpha value is -0.640. The summed E-state index contributed by atoms with van der Waals surface area (Å²) in [5.41, 5.74) is 0.361. The van der Waals surface area contributed by atoms with Crippen molar-refractivity contribution < 1.29 is 4.39 Å². The van der Waals surface area contributed by atoms with E-state index in [0.29, 0.717) is 5.69 Å². The van der Waals surface area contributed by atoms with Crippen LogP contribution in [0.4, 0.5) is 4.39 Å². The number of alkyl halides is 1. The highest BCUT2D eigenvalue weighted by molar-refractivity contribution is 7.07. The van der Waals surface area contributed by atoms with Gasteiger partial charge in [-0.15, -0.1) is 0 Å². The van der Waals surface area contributed by atoms with E-state index in [1.165, 1.54) is 5.38 Å². The van der Waals surface area contributed by atoms with Crippen molar-refractivity contribution in [2.75, 3.05) is 0 Å². The van der Waals surface area contributed by atoms with Gasteiger partial charge < -0.3 is 4.98 Å². The molecule has 0 aliphatic rings. The minimum absolute atomic E-state index is 0.197.